The third-order valence-electron chi connectivity index (χ3n) is 5.81. The SMILES string of the molecule is COc1cc(C[C@@H](C)[NH2+][C@@H]2CCCc3c2[nH]c2ccc([N+](=O)[O-])cc32)ccc1O. The average Bonchev–Trinajstić information content (AvgIpc) is 3.08. The molecular weight excluding hydrogens is 370 g/mol. The maximum Gasteiger partial charge on any atom is 0.270 e. The van der Waals surface area contributed by atoms with Crippen molar-refractivity contribution in [3.05, 3.63) is 63.3 Å². The van der Waals surface area contributed by atoms with Crippen LogP contribution in [-0.2, 0) is 12.8 Å². The van der Waals surface area contributed by atoms with Gasteiger partial charge in [0.25, 0.3) is 5.69 Å². The zero-order valence-corrected chi connectivity index (χ0v) is 16.6. The normalized spacial score (nSPS) is 17.1. The van der Waals surface area contributed by atoms with Crippen LogP contribution in [0.1, 0.15) is 42.6 Å². The molecule has 7 heteroatoms. The fourth-order valence-corrected chi connectivity index (χ4v) is 4.48. The molecule has 2 aromatic carbocycles. The monoisotopic (exact) mass is 396 g/mol. The number of hydrogen-bond acceptors (Lipinski definition) is 4. The standard InChI is InChI=1S/C22H25N3O4/c1-13(10-14-6-9-20(26)21(11-14)29-2)23-19-5-3-4-16-17-12-15(25(27)28)7-8-18(17)24-22(16)19/h6-9,11-13,19,23-24,26H,3-5,10H2,1-2H3/p+1/t13-,19-/m1/s1. The number of aromatic nitrogens is 1. The van der Waals surface area contributed by atoms with Gasteiger partial charge in [-0.15, -0.1) is 0 Å². The number of aromatic hydroxyl groups is 1. The first-order chi connectivity index (χ1) is 14.0. The van der Waals surface area contributed by atoms with Gasteiger partial charge in [0.1, 0.15) is 6.04 Å². The summed E-state index contributed by atoms with van der Waals surface area (Å²) in [6.07, 6.45) is 3.95. The zero-order chi connectivity index (χ0) is 20.5. The molecule has 0 saturated heterocycles. The highest BCUT2D eigenvalue weighted by Crippen LogP contribution is 2.34. The van der Waals surface area contributed by atoms with Crippen molar-refractivity contribution in [2.45, 2.75) is 44.7 Å². The number of aromatic amines is 1. The Hall–Kier alpha value is -3.06. The third kappa shape index (κ3) is 3.78. The summed E-state index contributed by atoms with van der Waals surface area (Å²) in [6, 6.07) is 11.2. The van der Waals surface area contributed by atoms with Crippen molar-refractivity contribution in [1.82, 2.24) is 4.98 Å². The topological polar surface area (TPSA) is 105 Å². The van der Waals surface area contributed by atoms with Crippen molar-refractivity contribution in [2.75, 3.05) is 7.11 Å². The number of nitro groups is 1. The lowest BCUT2D eigenvalue weighted by molar-refractivity contribution is -0.726. The number of rotatable bonds is 6. The van der Waals surface area contributed by atoms with E-state index in [1.807, 2.05) is 18.2 Å². The Bertz CT molecular complexity index is 1060. The van der Waals surface area contributed by atoms with Gasteiger partial charge in [-0.1, -0.05) is 6.07 Å². The predicted molar refractivity (Wildman–Crippen MR) is 110 cm³/mol. The molecule has 0 fully saturated rings. The molecule has 1 heterocycles. The Morgan fingerprint density at radius 2 is 2.17 bits per heavy atom. The number of nitrogens with one attached hydrogen (secondary N) is 1. The Morgan fingerprint density at radius 3 is 2.93 bits per heavy atom. The predicted octanol–water partition coefficient (Wildman–Crippen LogP) is 3.36. The van der Waals surface area contributed by atoms with Crippen LogP contribution in [0.5, 0.6) is 11.5 Å². The molecule has 4 N–H and O–H groups in total. The zero-order valence-electron chi connectivity index (χ0n) is 16.6. The van der Waals surface area contributed by atoms with E-state index >= 15 is 0 Å². The van der Waals surface area contributed by atoms with Crippen LogP contribution in [-0.4, -0.2) is 28.2 Å². The van der Waals surface area contributed by atoms with E-state index in [4.69, 9.17) is 4.74 Å². The fourth-order valence-electron chi connectivity index (χ4n) is 4.48. The van der Waals surface area contributed by atoms with Crippen LogP contribution in [0.3, 0.4) is 0 Å². The van der Waals surface area contributed by atoms with Gasteiger partial charge >= 0.3 is 0 Å². The van der Waals surface area contributed by atoms with Crippen molar-refractivity contribution in [3.63, 3.8) is 0 Å². The number of hydrogen-bond donors (Lipinski definition) is 3. The summed E-state index contributed by atoms with van der Waals surface area (Å²) in [4.78, 5) is 14.3. The molecule has 3 aromatic rings. The van der Waals surface area contributed by atoms with E-state index in [0.717, 1.165) is 42.1 Å². The lowest BCUT2D eigenvalue weighted by Crippen LogP contribution is -2.90. The van der Waals surface area contributed by atoms with Crippen LogP contribution in [0, 0.1) is 10.1 Å². The lowest BCUT2D eigenvalue weighted by atomic mass is 9.91. The average molecular weight is 396 g/mol. The molecule has 0 unspecified atom stereocenters. The van der Waals surface area contributed by atoms with E-state index in [9.17, 15) is 15.2 Å². The van der Waals surface area contributed by atoms with E-state index in [1.165, 1.54) is 11.3 Å². The molecule has 152 valence electrons. The van der Waals surface area contributed by atoms with Gasteiger partial charge in [-0.3, -0.25) is 10.1 Å². The van der Waals surface area contributed by atoms with E-state index in [0.29, 0.717) is 17.8 Å². The summed E-state index contributed by atoms with van der Waals surface area (Å²) in [5, 5.41) is 24.3. The van der Waals surface area contributed by atoms with Crippen LogP contribution < -0.4 is 10.1 Å². The molecule has 0 amide bonds. The molecule has 7 nitrogen and oxygen atoms in total. The molecule has 29 heavy (non-hydrogen) atoms. The highest BCUT2D eigenvalue weighted by molar-refractivity contribution is 5.87. The summed E-state index contributed by atoms with van der Waals surface area (Å²) >= 11 is 0. The highest BCUT2D eigenvalue weighted by Gasteiger charge is 2.29. The number of nitrogens with two attached hydrogens (primary N) is 1. The lowest BCUT2D eigenvalue weighted by Gasteiger charge is -2.24. The van der Waals surface area contributed by atoms with E-state index < -0.39 is 0 Å². The maximum atomic E-state index is 11.1. The van der Waals surface area contributed by atoms with Gasteiger partial charge < -0.3 is 20.1 Å². The van der Waals surface area contributed by atoms with Crippen LogP contribution in [0.2, 0.25) is 0 Å². The molecule has 0 spiro atoms. The number of H-pyrrole nitrogens is 1. The number of nitro benzene ring substituents is 1. The number of phenolic OH excluding ortho intramolecular Hbond substituents is 1. The van der Waals surface area contributed by atoms with Crippen molar-refractivity contribution >= 4 is 16.6 Å². The molecule has 0 aliphatic heterocycles. The molecule has 0 bridgehead atoms. The smallest absolute Gasteiger partial charge is 0.270 e. The summed E-state index contributed by atoms with van der Waals surface area (Å²) in [7, 11) is 1.55. The molecule has 1 aliphatic rings. The Labute approximate surface area is 168 Å². The number of ether oxygens (including phenoxy) is 1. The first-order valence-electron chi connectivity index (χ1n) is 9.96. The van der Waals surface area contributed by atoms with Crippen molar-refractivity contribution in [1.29, 1.82) is 0 Å². The van der Waals surface area contributed by atoms with E-state index in [-0.39, 0.29) is 16.4 Å². The Balaban J connectivity index is 1.55. The number of aryl methyl sites for hydroxylation is 1. The third-order valence-corrected chi connectivity index (χ3v) is 5.81. The second-order valence-electron chi connectivity index (χ2n) is 7.88. The minimum atomic E-state index is -0.334. The first-order valence-corrected chi connectivity index (χ1v) is 9.96. The molecule has 2 atom stereocenters. The minimum Gasteiger partial charge on any atom is -0.504 e. The van der Waals surface area contributed by atoms with Crippen molar-refractivity contribution in [2.24, 2.45) is 0 Å². The second kappa shape index (κ2) is 7.75. The highest BCUT2D eigenvalue weighted by atomic mass is 16.6. The van der Waals surface area contributed by atoms with Crippen LogP contribution in [0.15, 0.2) is 36.4 Å². The van der Waals surface area contributed by atoms with Gasteiger partial charge in [0.2, 0.25) is 0 Å². The number of benzene rings is 2. The first kappa shape index (κ1) is 19.3. The summed E-state index contributed by atoms with van der Waals surface area (Å²) in [6.45, 7) is 2.20. The fraction of sp³-hybridized carbons (Fsp3) is 0.364. The molecule has 1 aromatic heterocycles. The van der Waals surface area contributed by atoms with Gasteiger partial charge in [-0.2, -0.15) is 0 Å². The molecule has 1 aliphatic carbocycles. The van der Waals surface area contributed by atoms with Crippen molar-refractivity contribution in [3.8, 4) is 11.5 Å². The molecule has 0 saturated carbocycles. The number of phenols is 1. The number of quaternary nitrogens is 1. The van der Waals surface area contributed by atoms with Gasteiger partial charge in [0.05, 0.1) is 23.8 Å². The van der Waals surface area contributed by atoms with Crippen LogP contribution in [0.4, 0.5) is 5.69 Å². The quantitative estimate of drug-likeness (QED) is 0.439. The van der Waals surface area contributed by atoms with E-state index in [2.05, 4.69) is 17.2 Å². The van der Waals surface area contributed by atoms with Gasteiger partial charge in [0.15, 0.2) is 11.5 Å². The number of nitrogens with zero attached hydrogens (tertiary/aromatic N) is 1. The number of non-ortho nitro benzene ring substituents is 1. The molecular formula is C22H26N3O4+. The summed E-state index contributed by atoms with van der Waals surface area (Å²) in [5.74, 6) is 0.642. The number of fused-ring (bicyclic) bond motifs is 3. The molecule has 4 rings (SSSR count). The largest absolute Gasteiger partial charge is 0.504 e. The Kier molecular flexibility index (Phi) is 5.15. The van der Waals surface area contributed by atoms with Gasteiger partial charge in [0, 0.05) is 35.9 Å². The van der Waals surface area contributed by atoms with Gasteiger partial charge in [-0.25, -0.2) is 0 Å². The van der Waals surface area contributed by atoms with Crippen LogP contribution >= 0.6 is 0 Å². The summed E-state index contributed by atoms with van der Waals surface area (Å²) < 4.78 is 5.21. The number of methoxy groups -OCH3 is 1. The van der Waals surface area contributed by atoms with E-state index in [1.54, 1.807) is 25.3 Å². The molecule has 0 radical (unpaired) electrons. The Morgan fingerprint density at radius 1 is 1.34 bits per heavy atom. The minimum absolute atomic E-state index is 0.139. The van der Waals surface area contributed by atoms with Crippen LogP contribution in [0.25, 0.3) is 10.9 Å². The maximum absolute atomic E-state index is 11.1. The summed E-state index contributed by atoms with van der Waals surface area (Å²) in [5.41, 5.74) is 4.64. The van der Waals surface area contributed by atoms with Gasteiger partial charge in [-0.05, 0) is 49.1 Å². The van der Waals surface area contributed by atoms with Crippen molar-refractivity contribution < 1.29 is 20.1 Å². The second-order valence-corrected chi connectivity index (χ2v) is 7.88.